The van der Waals surface area contributed by atoms with Crippen LogP contribution in [0, 0.1) is 5.82 Å². The molecule has 0 radical (unpaired) electrons. The van der Waals surface area contributed by atoms with Crippen LogP contribution in [0.4, 0.5) is 10.1 Å². The second kappa shape index (κ2) is 6.20. The third kappa shape index (κ3) is 3.26. The van der Waals surface area contributed by atoms with Gasteiger partial charge < -0.3 is 15.2 Å². The van der Waals surface area contributed by atoms with Gasteiger partial charge >= 0.3 is 0 Å². The van der Waals surface area contributed by atoms with E-state index >= 15 is 0 Å². The van der Waals surface area contributed by atoms with Crippen LogP contribution >= 0.6 is 23.2 Å². The van der Waals surface area contributed by atoms with Crippen LogP contribution in [-0.2, 0) is 6.61 Å². The van der Waals surface area contributed by atoms with E-state index in [2.05, 4.69) is 0 Å². The molecule has 0 amide bonds. The second-order valence-corrected chi connectivity index (χ2v) is 4.88. The number of nitrogen functional groups attached to an aromatic ring is 1. The Morgan fingerprint density at radius 2 is 1.80 bits per heavy atom. The molecule has 0 aliphatic carbocycles. The van der Waals surface area contributed by atoms with Gasteiger partial charge in [-0.2, -0.15) is 0 Å². The van der Waals surface area contributed by atoms with E-state index in [9.17, 15) is 4.39 Å². The average Bonchev–Trinajstić information content (AvgIpc) is 2.41. The third-order valence-corrected chi connectivity index (χ3v) is 3.39. The molecular weight excluding hydrogens is 304 g/mol. The zero-order valence-corrected chi connectivity index (χ0v) is 12.1. The Morgan fingerprint density at radius 3 is 2.45 bits per heavy atom. The molecule has 0 bridgehead atoms. The van der Waals surface area contributed by atoms with Crippen LogP contribution in [0.5, 0.6) is 11.5 Å². The van der Waals surface area contributed by atoms with Gasteiger partial charge in [0.05, 0.1) is 22.8 Å². The molecule has 2 rings (SSSR count). The molecule has 0 spiro atoms. The van der Waals surface area contributed by atoms with Crippen molar-refractivity contribution in [3.63, 3.8) is 0 Å². The maximum absolute atomic E-state index is 13.5. The summed E-state index contributed by atoms with van der Waals surface area (Å²) >= 11 is 11.7. The molecule has 0 fully saturated rings. The van der Waals surface area contributed by atoms with Crippen LogP contribution in [0.1, 0.15) is 5.56 Å². The highest BCUT2D eigenvalue weighted by Gasteiger charge is 2.08. The third-order valence-electron chi connectivity index (χ3n) is 2.66. The molecule has 0 aliphatic rings. The number of anilines is 1. The number of rotatable bonds is 4. The quantitative estimate of drug-likeness (QED) is 0.855. The lowest BCUT2D eigenvalue weighted by Crippen LogP contribution is -2.00. The number of halogens is 3. The van der Waals surface area contributed by atoms with Gasteiger partial charge in [-0.25, -0.2) is 4.39 Å². The van der Waals surface area contributed by atoms with Gasteiger partial charge in [-0.15, -0.1) is 0 Å². The first-order chi connectivity index (χ1) is 9.51. The van der Waals surface area contributed by atoms with E-state index in [-0.39, 0.29) is 12.4 Å². The fourth-order valence-electron chi connectivity index (χ4n) is 1.63. The van der Waals surface area contributed by atoms with Crippen molar-refractivity contribution in [2.75, 3.05) is 12.8 Å². The van der Waals surface area contributed by atoms with Gasteiger partial charge in [0.25, 0.3) is 0 Å². The molecular formula is C14H12Cl2FNO2. The maximum atomic E-state index is 13.5. The summed E-state index contributed by atoms with van der Waals surface area (Å²) in [5.74, 6) is 0.133. The Balaban J connectivity index is 2.13. The molecule has 3 nitrogen and oxygen atoms in total. The normalized spacial score (nSPS) is 10.4. The van der Waals surface area contributed by atoms with E-state index in [1.165, 1.54) is 31.4 Å². The van der Waals surface area contributed by atoms with E-state index in [0.29, 0.717) is 27.0 Å². The fourth-order valence-corrected chi connectivity index (χ4v) is 1.96. The summed E-state index contributed by atoms with van der Waals surface area (Å²) in [4.78, 5) is 0. The summed E-state index contributed by atoms with van der Waals surface area (Å²) in [5.41, 5.74) is 6.78. The van der Waals surface area contributed by atoms with E-state index in [1.54, 1.807) is 6.07 Å². The molecule has 0 atom stereocenters. The van der Waals surface area contributed by atoms with E-state index in [1.807, 2.05) is 0 Å². The van der Waals surface area contributed by atoms with Crippen molar-refractivity contribution in [1.29, 1.82) is 0 Å². The number of ether oxygens (including phenoxy) is 2. The highest BCUT2D eigenvalue weighted by Crippen LogP contribution is 2.32. The molecule has 0 unspecified atom stereocenters. The smallest absolute Gasteiger partial charge is 0.165 e. The molecule has 2 aromatic rings. The number of methoxy groups -OCH3 is 1. The zero-order valence-electron chi connectivity index (χ0n) is 10.6. The summed E-state index contributed by atoms with van der Waals surface area (Å²) in [5, 5.41) is 0.698. The predicted octanol–water partition coefficient (Wildman–Crippen LogP) is 4.30. The molecule has 0 saturated heterocycles. The van der Waals surface area contributed by atoms with Crippen molar-refractivity contribution in [3.8, 4) is 11.5 Å². The van der Waals surface area contributed by atoms with E-state index in [4.69, 9.17) is 38.4 Å². The van der Waals surface area contributed by atoms with Gasteiger partial charge in [-0.3, -0.25) is 0 Å². The van der Waals surface area contributed by atoms with Crippen LogP contribution < -0.4 is 15.2 Å². The molecule has 0 aromatic heterocycles. The summed E-state index contributed by atoms with van der Waals surface area (Å²) < 4.78 is 23.9. The largest absolute Gasteiger partial charge is 0.494 e. The summed E-state index contributed by atoms with van der Waals surface area (Å²) in [6.45, 7) is 0.156. The molecule has 2 N–H and O–H groups in total. The van der Waals surface area contributed by atoms with Crippen molar-refractivity contribution in [3.05, 3.63) is 51.8 Å². The predicted molar refractivity (Wildman–Crippen MR) is 78.2 cm³/mol. The Bertz CT molecular complexity index is 635. The monoisotopic (exact) mass is 315 g/mol. The fraction of sp³-hybridized carbons (Fsp3) is 0.143. The molecule has 6 heteroatoms. The second-order valence-electron chi connectivity index (χ2n) is 4.06. The lowest BCUT2D eigenvalue weighted by atomic mass is 10.2. The molecule has 0 aliphatic heterocycles. The Morgan fingerprint density at radius 1 is 1.10 bits per heavy atom. The van der Waals surface area contributed by atoms with E-state index < -0.39 is 5.82 Å². The Hall–Kier alpha value is -1.65. The number of hydrogen-bond acceptors (Lipinski definition) is 3. The van der Waals surface area contributed by atoms with Crippen molar-refractivity contribution in [2.45, 2.75) is 6.61 Å². The van der Waals surface area contributed by atoms with Crippen molar-refractivity contribution in [1.82, 2.24) is 0 Å². The minimum atomic E-state index is -0.448. The molecule has 2 aromatic carbocycles. The van der Waals surface area contributed by atoms with Gasteiger partial charge in [0, 0.05) is 6.07 Å². The van der Waals surface area contributed by atoms with Crippen molar-refractivity contribution in [2.24, 2.45) is 0 Å². The molecule has 20 heavy (non-hydrogen) atoms. The van der Waals surface area contributed by atoms with Gasteiger partial charge in [-0.05, 0) is 23.8 Å². The topological polar surface area (TPSA) is 44.5 Å². The van der Waals surface area contributed by atoms with Crippen LogP contribution in [0.15, 0.2) is 30.3 Å². The first-order valence-electron chi connectivity index (χ1n) is 5.71. The SMILES string of the molecule is COc1ccc(COc2cc(Cl)c(Cl)cc2N)cc1F. The Kier molecular flexibility index (Phi) is 4.57. The van der Waals surface area contributed by atoms with Crippen molar-refractivity contribution >= 4 is 28.9 Å². The van der Waals surface area contributed by atoms with Gasteiger partial charge in [0.2, 0.25) is 0 Å². The first-order valence-corrected chi connectivity index (χ1v) is 6.46. The summed E-state index contributed by atoms with van der Waals surface area (Å²) in [7, 11) is 1.41. The highest BCUT2D eigenvalue weighted by atomic mass is 35.5. The van der Waals surface area contributed by atoms with Gasteiger partial charge in [0.15, 0.2) is 11.6 Å². The van der Waals surface area contributed by atoms with Crippen LogP contribution in [0.2, 0.25) is 10.0 Å². The summed E-state index contributed by atoms with van der Waals surface area (Å²) in [6.07, 6.45) is 0. The number of hydrogen-bond donors (Lipinski definition) is 1. The van der Waals surface area contributed by atoms with Gasteiger partial charge in [0.1, 0.15) is 12.4 Å². The molecule has 106 valence electrons. The standard InChI is InChI=1S/C14H12Cl2FNO2/c1-19-13-3-2-8(4-11(13)17)7-20-14-6-10(16)9(15)5-12(14)18/h2-6H,7,18H2,1H3. The minimum Gasteiger partial charge on any atom is -0.494 e. The molecule has 0 saturated carbocycles. The highest BCUT2D eigenvalue weighted by molar-refractivity contribution is 6.42. The van der Waals surface area contributed by atoms with E-state index in [0.717, 1.165) is 0 Å². The maximum Gasteiger partial charge on any atom is 0.165 e. The lowest BCUT2D eigenvalue weighted by molar-refractivity contribution is 0.306. The zero-order chi connectivity index (χ0) is 14.7. The lowest BCUT2D eigenvalue weighted by Gasteiger charge is -2.11. The first kappa shape index (κ1) is 14.8. The summed E-state index contributed by atoms with van der Waals surface area (Å²) in [6, 6.07) is 7.61. The van der Waals surface area contributed by atoms with Crippen molar-refractivity contribution < 1.29 is 13.9 Å². The minimum absolute atomic E-state index is 0.156. The van der Waals surface area contributed by atoms with Gasteiger partial charge in [-0.1, -0.05) is 29.3 Å². The number of nitrogens with two attached hydrogens (primary N) is 1. The van der Waals surface area contributed by atoms with Crippen LogP contribution in [0.25, 0.3) is 0 Å². The average molecular weight is 316 g/mol. The number of benzene rings is 2. The Labute approximate surface area is 126 Å². The van der Waals surface area contributed by atoms with Crippen LogP contribution in [-0.4, -0.2) is 7.11 Å². The molecule has 0 heterocycles. The van der Waals surface area contributed by atoms with Crippen LogP contribution in [0.3, 0.4) is 0 Å².